The van der Waals surface area contributed by atoms with Gasteiger partial charge in [-0.3, -0.25) is 0 Å². The van der Waals surface area contributed by atoms with E-state index >= 15 is 0 Å². The molecule has 0 saturated carbocycles. The van der Waals surface area contributed by atoms with Gasteiger partial charge in [0, 0.05) is 5.30 Å². The molecule has 0 aliphatic carbocycles. The lowest BCUT2D eigenvalue weighted by Crippen LogP contribution is -2.43. The molecule has 3 aromatic carbocycles. The van der Waals surface area contributed by atoms with E-state index in [0.29, 0.717) is 26.9 Å². The first kappa shape index (κ1) is 23.4. The normalized spacial score (nSPS) is 20.6. The fourth-order valence-corrected chi connectivity index (χ4v) is 8.36. The molecule has 2 unspecified atom stereocenters. The number of nitrogens with one attached hydrogen (secondary N) is 2. The highest BCUT2D eigenvalue weighted by Crippen LogP contribution is 2.52. The van der Waals surface area contributed by atoms with Gasteiger partial charge >= 0.3 is 0 Å². The first-order valence-corrected chi connectivity index (χ1v) is 14.9. The van der Waals surface area contributed by atoms with Gasteiger partial charge in [-0.25, -0.2) is 0 Å². The van der Waals surface area contributed by atoms with E-state index in [1.807, 2.05) is 48.5 Å². The van der Waals surface area contributed by atoms with Crippen LogP contribution in [0.4, 0.5) is 0 Å². The van der Waals surface area contributed by atoms with Gasteiger partial charge in [0.2, 0.25) is 5.88 Å². The van der Waals surface area contributed by atoms with E-state index in [1.165, 1.54) is 5.56 Å². The summed E-state index contributed by atoms with van der Waals surface area (Å²) < 4.78 is 18.4. The molecule has 180 valence electrons. The van der Waals surface area contributed by atoms with E-state index < -0.39 is 6.34 Å². The number of aryl methyl sites for hydroxylation is 1. The van der Waals surface area contributed by atoms with Crippen molar-refractivity contribution in [3.05, 3.63) is 106 Å². The fraction of sp³-hybridized carbons (Fsp3) is 0.111. The number of ether oxygens (including phenoxy) is 2. The molecule has 1 aromatic heterocycles. The maximum absolute atomic E-state index is 6.59. The molecule has 2 aliphatic heterocycles. The van der Waals surface area contributed by atoms with Gasteiger partial charge in [-0.1, -0.05) is 54.2 Å². The molecule has 2 aliphatic rings. The van der Waals surface area contributed by atoms with Crippen molar-refractivity contribution in [2.45, 2.75) is 12.8 Å². The number of hydrogen-bond acceptors (Lipinski definition) is 6. The summed E-state index contributed by atoms with van der Waals surface area (Å²) >= 11 is 17.9. The highest BCUT2D eigenvalue weighted by molar-refractivity contribution is 8.17. The summed E-state index contributed by atoms with van der Waals surface area (Å²) in [6.45, 7) is 2.06. The van der Waals surface area contributed by atoms with Gasteiger partial charge < -0.3 is 24.1 Å². The summed E-state index contributed by atoms with van der Waals surface area (Å²) in [4.78, 5) is 0.543. The minimum Gasteiger partial charge on any atom is -0.497 e. The third-order valence-electron chi connectivity index (χ3n) is 6.43. The molecular formula is C27H21N2O3PS3. The Labute approximate surface area is 224 Å². The van der Waals surface area contributed by atoms with Crippen molar-refractivity contribution in [1.29, 1.82) is 0 Å². The average Bonchev–Trinajstić information content (AvgIpc) is 2.88. The van der Waals surface area contributed by atoms with Crippen LogP contribution in [0.3, 0.4) is 0 Å². The lowest BCUT2D eigenvalue weighted by atomic mass is 9.83. The predicted octanol–water partition coefficient (Wildman–Crippen LogP) is 6.37. The second-order valence-corrected chi connectivity index (χ2v) is 13.3. The average molecular weight is 549 g/mol. The Morgan fingerprint density at radius 1 is 0.917 bits per heavy atom. The summed E-state index contributed by atoms with van der Waals surface area (Å²) in [5, 5.41) is 8.74. The van der Waals surface area contributed by atoms with Crippen molar-refractivity contribution in [1.82, 2.24) is 10.2 Å². The van der Waals surface area contributed by atoms with Gasteiger partial charge in [0.15, 0.2) is 11.0 Å². The summed E-state index contributed by atoms with van der Waals surface area (Å²) in [7, 11) is 1.64. The smallest absolute Gasteiger partial charge is 0.205 e. The maximum Gasteiger partial charge on any atom is 0.205 e. The zero-order valence-corrected chi connectivity index (χ0v) is 22.7. The summed E-state index contributed by atoms with van der Waals surface area (Å²) in [6, 6.07) is 23.8. The molecular weight excluding hydrogens is 527 g/mol. The monoisotopic (exact) mass is 548 g/mol. The highest BCUT2D eigenvalue weighted by Gasteiger charge is 2.42. The molecule has 4 aromatic rings. The predicted molar refractivity (Wildman–Crippen MR) is 154 cm³/mol. The van der Waals surface area contributed by atoms with Crippen molar-refractivity contribution in [3.63, 3.8) is 0 Å². The Hall–Kier alpha value is -3.03. The lowest BCUT2D eigenvalue weighted by molar-refractivity contribution is 0.379. The van der Waals surface area contributed by atoms with Gasteiger partial charge in [0.1, 0.15) is 22.1 Å². The number of methoxy groups -OCH3 is 1. The van der Waals surface area contributed by atoms with Crippen LogP contribution in [0.25, 0.3) is 11.0 Å². The lowest BCUT2D eigenvalue weighted by Gasteiger charge is -2.39. The molecule has 9 heteroatoms. The number of thiocarbonyl (C=S) groups is 1. The van der Waals surface area contributed by atoms with E-state index in [9.17, 15) is 0 Å². The van der Waals surface area contributed by atoms with Gasteiger partial charge in [0.05, 0.1) is 29.6 Å². The molecule has 0 amide bonds. The molecule has 3 heterocycles. The Kier molecular flexibility index (Phi) is 5.73. The van der Waals surface area contributed by atoms with Crippen molar-refractivity contribution in [2.75, 3.05) is 7.11 Å². The van der Waals surface area contributed by atoms with Crippen LogP contribution >= 0.6 is 30.8 Å². The first-order chi connectivity index (χ1) is 17.4. The summed E-state index contributed by atoms with van der Waals surface area (Å²) in [5.41, 5.74) is 4.46. The SMILES string of the molecule is COc1ccc(P2(=S)NC(=S)C3=C(N2)Oc2c(c(=S)oc4ccccc24)C3c2ccc(C)cc2)cc1. The van der Waals surface area contributed by atoms with E-state index in [2.05, 4.69) is 41.4 Å². The largest absolute Gasteiger partial charge is 0.497 e. The Bertz CT molecular complexity index is 1680. The van der Waals surface area contributed by atoms with Crippen LogP contribution in [0, 0.1) is 11.6 Å². The minimum atomic E-state index is -2.55. The van der Waals surface area contributed by atoms with Crippen molar-refractivity contribution < 1.29 is 13.9 Å². The molecule has 0 saturated heterocycles. The molecule has 6 rings (SSSR count). The van der Waals surface area contributed by atoms with E-state index in [1.54, 1.807) is 7.11 Å². The van der Waals surface area contributed by atoms with Crippen LogP contribution in [-0.4, -0.2) is 12.1 Å². The van der Waals surface area contributed by atoms with Crippen molar-refractivity contribution in [2.24, 2.45) is 0 Å². The van der Waals surface area contributed by atoms with Crippen LogP contribution in [-0.2, 0) is 11.8 Å². The van der Waals surface area contributed by atoms with Crippen molar-refractivity contribution >= 4 is 63.8 Å². The molecule has 0 spiro atoms. The first-order valence-electron chi connectivity index (χ1n) is 11.3. The second-order valence-electron chi connectivity index (χ2n) is 8.68. The standard InChI is InChI=1S/C27H21N2O3PS3/c1-15-7-9-16(10-8-15)21-22-24(19-5-3-4-6-20(19)31-27(22)35)32-25-23(21)26(34)29-33(36,28-25)18-13-11-17(30-2)12-14-18/h3-14,21H,1-2H3,(H2,28,29,34,36). The number of fused-ring (bicyclic) bond motifs is 3. The van der Waals surface area contributed by atoms with Gasteiger partial charge in [-0.2, -0.15) is 0 Å². The number of para-hydroxylation sites is 1. The van der Waals surface area contributed by atoms with E-state index in [-0.39, 0.29) is 5.92 Å². The molecule has 0 radical (unpaired) electrons. The van der Waals surface area contributed by atoms with Gasteiger partial charge in [-0.05, 0) is 72.9 Å². The zero-order valence-electron chi connectivity index (χ0n) is 19.4. The summed E-state index contributed by atoms with van der Waals surface area (Å²) in [5.74, 6) is 1.70. The second kappa shape index (κ2) is 8.82. The maximum atomic E-state index is 6.59. The Morgan fingerprint density at radius 2 is 1.64 bits per heavy atom. The molecule has 0 fully saturated rings. The van der Waals surface area contributed by atoms with Crippen LogP contribution in [0.1, 0.15) is 22.6 Å². The zero-order chi connectivity index (χ0) is 25.0. The highest BCUT2D eigenvalue weighted by atomic mass is 32.4. The third kappa shape index (κ3) is 3.76. The third-order valence-corrected chi connectivity index (χ3v) is 10.5. The minimum absolute atomic E-state index is 0.280. The van der Waals surface area contributed by atoms with Crippen LogP contribution < -0.4 is 25.0 Å². The fourth-order valence-electron chi connectivity index (χ4n) is 4.63. The number of rotatable bonds is 3. The Balaban J connectivity index is 1.57. The van der Waals surface area contributed by atoms with Crippen LogP contribution in [0.2, 0.25) is 0 Å². The molecule has 2 N–H and O–H groups in total. The quantitative estimate of drug-likeness (QED) is 0.226. The Morgan fingerprint density at radius 3 is 2.36 bits per heavy atom. The van der Waals surface area contributed by atoms with Gasteiger partial charge in [0.25, 0.3) is 0 Å². The van der Waals surface area contributed by atoms with Gasteiger partial charge in [-0.15, -0.1) is 0 Å². The number of hydrogen-bond donors (Lipinski definition) is 2. The molecule has 5 nitrogen and oxygen atoms in total. The molecule has 36 heavy (non-hydrogen) atoms. The van der Waals surface area contributed by atoms with E-state index in [4.69, 9.17) is 50.1 Å². The topological polar surface area (TPSA) is 55.7 Å². The molecule has 2 atom stereocenters. The van der Waals surface area contributed by atoms with Crippen LogP contribution in [0.15, 0.2) is 88.7 Å². The molecule has 0 bridgehead atoms. The van der Waals surface area contributed by atoms with Crippen LogP contribution in [0.5, 0.6) is 11.5 Å². The van der Waals surface area contributed by atoms with Crippen molar-refractivity contribution in [3.8, 4) is 11.5 Å². The number of benzene rings is 3. The van der Waals surface area contributed by atoms with E-state index in [0.717, 1.165) is 33.1 Å². The summed E-state index contributed by atoms with van der Waals surface area (Å²) in [6.07, 6.45) is -2.55.